The Morgan fingerprint density at radius 3 is 2.61 bits per heavy atom. The van der Waals surface area contributed by atoms with Gasteiger partial charge in [0.2, 0.25) is 5.91 Å². The number of nitrogens with zero attached hydrogens (tertiary/aromatic N) is 4. The van der Waals surface area contributed by atoms with Gasteiger partial charge < -0.3 is 19.9 Å². The topological polar surface area (TPSA) is 87.7 Å². The highest BCUT2D eigenvalue weighted by Gasteiger charge is 2.39. The average Bonchev–Trinajstić information content (AvgIpc) is 2.71. The number of carbonyl (C=O) groups is 2. The largest absolute Gasteiger partial charge is 0.373 e. The van der Waals surface area contributed by atoms with Crippen molar-refractivity contribution in [3.8, 4) is 0 Å². The number of likely N-dealkylation sites (tertiary alicyclic amines) is 1. The Hall–Kier alpha value is -2.22. The van der Waals surface area contributed by atoms with Gasteiger partial charge >= 0.3 is 0 Å². The maximum absolute atomic E-state index is 13.1. The van der Waals surface area contributed by atoms with Gasteiger partial charge in [-0.3, -0.25) is 9.59 Å². The molecule has 8 nitrogen and oxygen atoms in total. The number of carbonyl (C=O) groups excluding carboxylic acids is 2. The second-order valence-electron chi connectivity index (χ2n) is 8.02. The molecular formula is C20H31N5O3. The van der Waals surface area contributed by atoms with E-state index in [1.54, 1.807) is 27.9 Å². The molecule has 8 heteroatoms. The van der Waals surface area contributed by atoms with Crippen LogP contribution in [0.3, 0.4) is 0 Å². The van der Waals surface area contributed by atoms with Crippen LogP contribution in [0.4, 0.5) is 5.82 Å². The molecule has 1 fully saturated rings. The van der Waals surface area contributed by atoms with Crippen molar-refractivity contribution in [2.45, 2.75) is 64.6 Å². The van der Waals surface area contributed by atoms with E-state index in [4.69, 9.17) is 14.7 Å². The number of fused-ring (bicyclic) bond motifs is 1. The number of methoxy groups -OCH3 is 1. The number of hydrogen-bond donors (Lipinski definition) is 1. The molecule has 154 valence electrons. The third-order valence-electron chi connectivity index (χ3n) is 5.85. The summed E-state index contributed by atoms with van der Waals surface area (Å²) in [7, 11) is 3.39. The van der Waals surface area contributed by atoms with Gasteiger partial charge in [0.25, 0.3) is 5.91 Å². The van der Waals surface area contributed by atoms with E-state index in [0.29, 0.717) is 31.9 Å². The van der Waals surface area contributed by atoms with Gasteiger partial charge in [-0.15, -0.1) is 0 Å². The lowest BCUT2D eigenvalue weighted by Crippen LogP contribution is -2.50. The molecule has 1 saturated heterocycles. The SMILES string of the molecule is CNc1nc(C2CCCCN2C(=O)C(C)(C)OC)nc2c1CN(C(C)=O)CC2. The van der Waals surface area contributed by atoms with Crippen molar-refractivity contribution in [3.05, 3.63) is 17.1 Å². The van der Waals surface area contributed by atoms with E-state index in [1.165, 1.54) is 0 Å². The Balaban J connectivity index is 1.96. The lowest BCUT2D eigenvalue weighted by Gasteiger charge is -2.39. The quantitative estimate of drug-likeness (QED) is 0.846. The van der Waals surface area contributed by atoms with Crippen LogP contribution >= 0.6 is 0 Å². The Morgan fingerprint density at radius 2 is 1.96 bits per heavy atom. The van der Waals surface area contributed by atoms with E-state index in [-0.39, 0.29) is 17.9 Å². The molecule has 2 aliphatic heterocycles. The molecule has 0 saturated carbocycles. The number of ether oxygens (including phenoxy) is 1. The number of anilines is 1. The van der Waals surface area contributed by atoms with Crippen molar-refractivity contribution in [3.63, 3.8) is 0 Å². The van der Waals surface area contributed by atoms with Crippen molar-refractivity contribution in [1.82, 2.24) is 19.8 Å². The normalized spacial score (nSPS) is 20.0. The first-order chi connectivity index (χ1) is 13.3. The fraction of sp³-hybridized carbons (Fsp3) is 0.700. The molecule has 1 atom stereocenters. The Labute approximate surface area is 166 Å². The van der Waals surface area contributed by atoms with E-state index >= 15 is 0 Å². The molecule has 1 aromatic rings. The lowest BCUT2D eigenvalue weighted by molar-refractivity contribution is -0.155. The summed E-state index contributed by atoms with van der Waals surface area (Å²) in [5, 5.41) is 3.16. The average molecular weight is 390 g/mol. The molecule has 0 radical (unpaired) electrons. The fourth-order valence-electron chi connectivity index (χ4n) is 3.93. The zero-order valence-corrected chi connectivity index (χ0v) is 17.5. The third-order valence-corrected chi connectivity index (χ3v) is 5.85. The monoisotopic (exact) mass is 389 g/mol. The van der Waals surface area contributed by atoms with E-state index < -0.39 is 5.60 Å². The summed E-state index contributed by atoms with van der Waals surface area (Å²) in [6.45, 7) is 7.04. The first kappa shape index (κ1) is 20.5. The Morgan fingerprint density at radius 1 is 1.21 bits per heavy atom. The van der Waals surface area contributed by atoms with Gasteiger partial charge in [-0.2, -0.15) is 0 Å². The minimum Gasteiger partial charge on any atom is -0.373 e. The molecule has 0 bridgehead atoms. The third kappa shape index (κ3) is 3.83. The van der Waals surface area contributed by atoms with Crippen LogP contribution in [0.2, 0.25) is 0 Å². The molecule has 1 N–H and O–H groups in total. The number of rotatable bonds is 4. The molecule has 2 aliphatic rings. The Bertz CT molecular complexity index is 747. The summed E-state index contributed by atoms with van der Waals surface area (Å²) >= 11 is 0. The molecule has 1 unspecified atom stereocenters. The summed E-state index contributed by atoms with van der Waals surface area (Å²) in [5.74, 6) is 1.45. The molecule has 0 aromatic carbocycles. The molecule has 3 rings (SSSR count). The van der Waals surface area contributed by atoms with Gasteiger partial charge in [0.15, 0.2) is 5.82 Å². The van der Waals surface area contributed by atoms with Crippen LogP contribution in [-0.2, 0) is 27.3 Å². The van der Waals surface area contributed by atoms with Crippen molar-refractivity contribution in [1.29, 1.82) is 0 Å². The molecule has 0 spiro atoms. The Kier molecular flexibility index (Phi) is 5.88. The second-order valence-corrected chi connectivity index (χ2v) is 8.02. The van der Waals surface area contributed by atoms with E-state index in [2.05, 4.69) is 5.32 Å². The van der Waals surface area contributed by atoms with Gasteiger partial charge in [-0.05, 0) is 33.1 Å². The summed E-state index contributed by atoms with van der Waals surface area (Å²) in [6.07, 6.45) is 3.55. The lowest BCUT2D eigenvalue weighted by atomic mass is 9.97. The number of nitrogens with one attached hydrogen (secondary N) is 1. The molecule has 0 aliphatic carbocycles. The summed E-state index contributed by atoms with van der Waals surface area (Å²) < 4.78 is 5.42. The van der Waals surface area contributed by atoms with Crippen LogP contribution in [0.25, 0.3) is 0 Å². The van der Waals surface area contributed by atoms with Crippen LogP contribution in [-0.4, -0.2) is 64.4 Å². The number of piperidine rings is 1. The molecular weight excluding hydrogens is 358 g/mol. The maximum Gasteiger partial charge on any atom is 0.254 e. The molecule has 2 amide bonds. The summed E-state index contributed by atoms with van der Waals surface area (Å²) in [6, 6.07) is -0.154. The van der Waals surface area contributed by atoms with Gasteiger partial charge in [-0.25, -0.2) is 9.97 Å². The predicted molar refractivity (Wildman–Crippen MR) is 106 cm³/mol. The van der Waals surface area contributed by atoms with Crippen LogP contribution < -0.4 is 5.32 Å². The highest BCUT2D eigenvalue weighted by atomic mass is 16.5. The number of amides is 2. The van der Waals surface area contributed by atoms with Gasteiger partial charge in [0, 0.05) is 46.2 Å². The zero-order valence-electron chi connectivity index (χ0n) is 17.5. The minimum atomic E-state index is -0.877. The van der Waals surface area contributed by atoms with Gasteiger partial charge in [-0.1, -0.05) is 0 Å². The summed E-state index contributed by atoms with van der Waals surface area (Å²) in [5.41, 5.74) is 1.06. The molecule has 3 heterocycles. The number of hydrogen-bond acceptors (Lipinski definition) is 6. The molecule has 1 aromatic heterocycles. The van der Waals surface area contributed by atoms with Gasteiger partial charge in [0.1, 0.15) is 11.4 Å². The molecule has 28 heavy (non-hydrogen) atoms. The van der Waals surface area contributed by atoms with E-state index in [0.717, 1.165) is 36.3 Å². The fourth-order valence-corrected chi connectivity index (χ4v) is 3.93. The maximum atomic E-state index is 13.1. The van der Waals surface area contributed by atoms with Crippen molar-refractivity contribution < 1.29 is 14.3 Å². The highest BCUT2D eigenvalue weighted by Crippen LogP contribution is 2.34. The van der Waals surface area contributed by atoms with Crippen LogP contribution in [0.15, 0.2) is 0 Å². The first-order valence-electron chi connectivity index (χ1n) is 9.97. The van der Waals surface area contributed by atoms with Crippen molar-refractivity contribution >= 4 is 17.6 Å². The standard InChI is InChI=1S/C20H31N5O3/c1-13(26)24-11-9-15-14(12-24)17(21-4)23-18(22-15)16-8-6-7-10-25(16)19(27)20(2,3)28-5/h16H,6-12H2,1-5H3,(H,21,22,23). The van der Waals surface area contributed by atoms with Crippen molar-refractivity contribution in [2.24, 2.45) is 0 Å². The van der Waals surface area contributed by atoms with Crippen molar-refractivity contribution in [2.75, 3.05) is 32.6 Å². The number of aromatic nitrogens is 2. The summed E-state index contributed by atoms with van der Waals surface area (Å²) in [4.78, 5) is 38.2. The first-order valence-corrected chi connectivity index (χ1v) is 9.97. The van der Waals surface area contributed by atoms with Gasteiger partial charge in [0.05, 0.1) is 18.3 Å². The van der Waals surface area contributed by atoms with Crippen LogP contribution in [0.1, 0.15) is 63.2 Å². The van der Waals surface area contributed by atoms with Crippen LogP contribution in [0, 0.1) is 0 Å². The van der Waals surface area contributed by atoms with E-state index in [1.807, 2.05) is 16.8 Å². The van der Waals surface area contributed by atoms with E-state index in [9.17, 15) is 9.59 Å². The predicted octanol–water partition coefficient (Wildman–Crippen LogP) is 1.90. The minimum absolute atomic E-state index is 0.0326. The smallest absolute Gasteiger partial charge is 0.254 e. The second kappa shape index (κ2) is 8.03. The zero-order chi connectivity index (χ0) is 20.5. The highest BCUT2D eigenvalue weighted by molar-refractivity contribution is 5.84. The van der Waals surface area contributed by atoms with Crippen LogP contribution in [0.5, 0.6) is 0 Å².